The molecular formula is C24H22F6N6O2. The third-order valence-electron chi connectivity index (χ3n) is 5.83. The van der Waals surface area contributed by atoms with Crippen molar-refractivity contribution in [2.24, 2.45) is 14.1 Å². The number of carbonyl (C=O) groups is 1. The zero-order valence-electron chi connectivity index (χ0n) is 20.4. The van der Waals surface area contributed by atoms with Crippen LogP contribution in [0.1, 0.15) is 39.7 Å². The molecule has 2 heterocycles. The SMILES string of the molecule is CCOC(=O)c1c(CN(Cc2cc(C(F)(F)F)cc(C(F)(F)F)c2)c2nnn(C)n2)c2ccccc2n1C. The summed E-state index contributed by atoms with van der Waals surface area (Å²) < 4.78 is 87.6. The summed E-state index contributed by atoms with van der Waals surface area (Å²) >= 11 is 0. The van der Waals surface area contributed by atoms with Crippen LogP contribution in [0.15, 0.2) is 42.5 Å². The molecule has 0 saturated carbocycles. The molecule has 0 amide bonds. The van der Waals surface area contributed by atoms with Crippen LogP contribution in [0.3, 0.4) is 0 Å². The van der Waals surface area contributed by atoms with E-state index in [1.54, 1.807) is 42.8 Å². The maximum atomic E-state index is 13.5. The molecule has 4 rings (SSSR count). The van der Waals surface area contributed by atoms with Crippen LogP contribution in [-0.2, 0) is 44.3 Å². The van der Waals surface area contributed by atoms with Crippen LogP contribution in [0.4, 0.5) is 32.3 Å². The highest BCUT2D eigenvalue weighted by Gasteiger charge is 2.37. The summed E-state index contributed by atoms with van der Waals surface area (Å²) in [6.07, 6.45) is -10.0. The van der Waals surface area contributed by atoms with Crippen LogP contribution >= 0.6 is 0 Å². The molecule has 202 valence electrons. The fraction of sp³-hybridized carbons (Fsp3) is 0.333. The topological polar surface area (TPSA) is 78.1 Å². The molecule has 0 atom stereocenters. The van der Waals surface area contributed by atoms with Crippen molar-refractivity contribution in [2.45, 2.75) is 32.4 Å². The van der Waals surface area contributed by atoms with Gasteiger partial charge in [0, 0.05) is 36.6 Å². The third kappa shape index (κ3) is 5.43. The van der Waals surface area contributed by atoms with Gasteiger partial charge in [0.15, 0.2) is 0 Å². The Balaban J connectivity index is 1.85. The molecule has 0 radical (unpaired) electrons. The number of alkyl halides is 6. The number of carbonyl (C=O) groups excluding carboxylic acids is 1. The minimum atomic E-state index is -5.00. The normalized spacial score (nSPS) is 12.2. The van der Waals surface area contributed by atoms with Gasteiger partial charge in [-0.05, 0) is 42.0 Å². The summed E-state index contributed by atoms with van der Waals surface area (Å²) in [5.41, 5.74) is -1.86. The highest BCUT2D eigenvalue weighted by molar-refractivity contribution is 5.99. The van der Waals surface area contributed by atoms with E-state index >= 15 is 0 Å². The van der Waals surface area contributed by atoms with Gasteiger partial charge >= 0.3 is 18.3 Å². The highest BCUT2D eigenvalue weighted by atomic mass is 19.4. The fourth-order valence-electron chi connectivity index (χ4n) is 4.21. The summed E-state index contributed by atoms with van der Waals surface area (Å²) in [4.78, 5) is 15.3. The third-order valence-corrected chi connectivity index (χ3v) is 5.83. The predicted octanol–water partition coefficient (Wildman–Crippen LogP) is 5.12. The number of anilines is 1. The number of esters is 1. The zero-order valence-corrected chi connectivity index (χ0v) is 20.4. The largest absolute Gasteiger partial charge is 0.461 e. The molecule has 4 aromatic rings. The number of nitrogens with zero attached hydrogens (tertiary/aromatic N) is 6. The van der Waals surface area contributed by atoms with Crippen molar-refractivity contribution in [3.05, 3.63) is 70.4 Å². The fourth-order valence-corrected chi connectivity index (χ4v) is 4.21. The first kappa shape index (κ1) is 26.9. The summed E-state index contributed by atoms with van der Waals surface area (Å²) in [7, 11) is 3.12. The Kier molecular flexibility index (Phi) is 7.08. The number of halogens is 6. The van der Waals surface area contributed by atoms with E-state index in [0.29, 0.717) is 28.6 Å². The minimum Gasteiger partial charge on any atom is -0.461 e. The molecule has 0 aliphatic rings. The van der Waals surface area contributed by atoms with Crippen LogP contribution in [0.5, 0.6) is 0 Å². The van der Waals surface area contributed by atoms with Crippen molar-refractivity contribution in [3.8, 4) is 0 Å². The van der Waals surface area contributed by atoms with E-state index in [9.17, 15) is 31.1 Å². The Labute approximate surface area is 212 Å². The Hall–Kier alpha value is -4.10. The molecule has 14 heteroatoms. The summed E-state index contributed by atoms with van der Waals surface area (Å²) in [6, 6.07) is 8.40. The van der Waals surface area contributed by atoms with Gasteiger partial charge in [-0.25, -0.2) is 4.79 Å². The van der Waals surface area contributed by atoms with Crippen molar-refractivity contribution < 1.29 is 35.9 Å². The number of rotatable bonds is 7. The van der Waals surface area contributed by atoms with Crippen LogP contribution in [0, 0.1) is 0 Å². The van der Waals surface area contributed by atoms with E-state index in [1.807, 2.05) is 0 Å². The molecular weight excluding hydrogens is 518 g/mol. The van der Waals surface area contributed by atoms with Gasteiger partial charge < -0.3 is 14.2 Å². The molecule has 0 N–H and O–H groups in total. The lowest BCUT2D eigenvalue weighted by Crippen LogP contribution is -2.26. The van der Waals surface area contributed by atoms with Crippen molar-refractivity contribution in [2.75, 3.05) is 11.5 Å². The van der Waals surface area contributed by atoms with E-state index in [2.05, 4.69) is 15.4 Å². The number of aryl methyl sites for hydroxylation is 2. The predicted molar refractivity (Wildman–Crippen MR) is 124 cm³/mol. The van der Waals surface area contributed by atoms with E-state index < -0.39 is 36.0 Å². The molecule has 8 nitrogen and oxygen atoms in total. The number of hydrogen-bond acceptors (Lipinski definition) is 6. The van der Waals surface area contributed by atoms with Gasteiger partial charge in [-0.1, -0.05) is 23.3 Å². The standard InChI is InChI=1S/C24H22F6N6O2/c1-4-38-21(37)20-18(17-7-5-6-8-19(17)34(20)2)13-36(22-31-33-35(3)32-22)12-14-9-15(23(25,26)27)11-16(10-14)24(28,29)30/h5-11H,4,12-13H2,1-3H3. The number of benzene rings is 2. The molecule has 0 saturated heterocycles. The second-order valence-corrected chi connectivity index (χ2v) is 8.47. The van der Waals surface area contributed by atoms with Gasteiger partial charge in [0.1, 0.15) is 5.69 Å². The second-order valence-electron chi connectivity index (χ2n) is 8.47. The number of hydrogen-bond donors (Lipinski definition) is 0. The van der Waals surface area contributed by atoms with Gasteiger partial charge in [-0.2, -0.15) is 31.1 Å². The summed E-state index contributed by atoms with van der Waals surface area (Å²) in [5.74, 6) is -0.687. The number of aromatic nitrogens is 5. The average Bonchev–Trinajstić information content (AvgIpc) is 3.39. The molecule has 0 unspecified atom stereocenters. The molecule has 0 aliphatic heterocycles. The minimum absolute atomic E-state index is 0.0544. The molecule has 0 spiro atoms. The van der Waals surface area contributed by atoms with E-state index in [-0.39, 0.29) is 36.4 Å². The van der Waals surface area contributed by atoms with Gasteiger partial charge in [0.05, 0.1) is 24.8 Å². The number of para-hydroxylation sites is 1. The first-order chi connectivity index (χ1) is 17.8. The van der Waals surface area contributed by atoms with Gasteiger partial charge in [0.25, 0.3) is 5.95 Å². The Morgan fingerprint density at radius 2 is 1.61 bits per heavy atom. The van der Waals surface area contributed by atoms with Crippen LogP contribution in [0.2, 0.25) is 0 Å². The Morgan fingerprint density at radius 3 is 2.16 bits per heavy atom. The first-order valence-electron chi connectivity index (χ1n) is 11.3. The monoisotopic (exact) mass is 540 g/mol. The molecule has 2 aromatic heterocycles. The van der Waals surface area contributed by atoms with E-state index in [0.717, 1.165) is 4.80 Å². The van der Waals surface area contributed by atoms with Crippen molar-refractivity contribution in [1.29, 1.82) is 0 Å². The van der Waals surface area contributed by atoms with E-state index in [1.165, 1.54) is 11.9 Å². The van der Waals surface area contributed by atoms with E-state index in [4.69, 9.17) is 4.74 Å². The lowest BCUT2D eigenvalue weighted by Gasteiger charge is -2.23. The number of ether oxygens (including phenoxy) is 1. The van der Waals surface area contributed by atoms with Crippen LogP contribution in [-0.4, -0.2) is 37.4 Å². The quantitative estimate of drug-likeness (QED) is 0.239. The zero-order chi connectivity index (χ0) is 27.8. The summed E-state index contributed by atoms with van der Waals surface area (Å²) in [5, 5.41) is 12.4. The maximum Gasteiger partial charge on any atom is 0.416 e. The summed E-state index contributed by atoms with van der Waals surface area (Å²) in [6.45, 7) is 1.16. The molecule has 0 fully saturated rings. The van der Waals surface area contributed by atoms with Crippen LogP contribution in [0.25, 0.3) is 10.9 Å². The average molecular weight is 540 g/mol. The smallest absolute Gasteiger partial charge is 0.416 e. The maximum absolute atomic E-state index is 13.5. The number of fused-ring (bicyclic) bond motifs is 1. The Morgan fingerprint density at radius 1 is 0.974 bits per heavy atom. The molecule has 0 aliphatic carbocycles. The molecule has 0 bridgehead atoms. The number of tetrazole rings is 1. The van der Waals surface area contributed by atoms with Crippen molar-refractivity contribution in [3.63, 3.8) is 0 Å². The van der Waals surface area contributed by atoms with Crippen molar-refractivity contribution >= 4 is 22.8 Å². The Bertz CT molecular complexity index is 1440. The lowest BCUT2D eigenvalue weighted by atomic mass is 10.0. The first-order valence-corrected chi connectivity index (χ1v) is 11.3. The van der Waals surface area contributed by atoms with Gasteiger partial charge in [-0.3, -0.25) is 0 Å². The van der Waals surface area contributed by atoms with Gasteiger partial charge in [0.2, 0.25) is 0 Å². The van der Waals surface area contributed by atoms with Crippen molar-refractivity contribution in [1.82, 2.24) is 24.8 Å². The molecule has 2 aromatic carbocycles. The van der Waals surface area contributed by atoms with Crippen LogP contribution < -0.4 is 4.90 Å². The molecule has 38 heavy (non-hydrogen) atoms. The second kappa shape index (κ2) is 9.99. The van der Waals surface area contributed by atoms with Gasteiger partial charge in [-0.15, -0.1) is 5.10 Å². The lowest BCUT2D eigenvalue weighted by molar-refractivity contribution is -0.143. The highest BCUT2D eigenvalue weighted by Crippen LogP contribution is 2.37.